The third-order valence-electron chi connectivity index (χ3n) is 6.82. The molecule has 228 valence electrons. The Morgan fingerprint density at radius 1 is 0.814 bits per heavy atom. The minimum Gasteiger partial charge on any atom is -0.508 e. The molecule has 2 aliphatic rings. The second kappa shape index (κ2) is 11.3. The van der Waals surface area contributed by atoms with Crippen molar-refractivity contribution in [1.29, 1.82) is 0 Å². The van der Waals surface area contributed by atoms with E-state index < -0.39 is 89.4 Å². The number of phenolic OH excluding ortho intramolecular Hbond substituents is 7. The zero-order chi connectivity index (χ0) is 31.2. The predicted molar refractivity (Wildman–Crippen MR) is 140 cm³/mol. The molecule has 1 unspecified atom stereocenters. The first-order chi connectivity index (χ1) is 20.4. The van der Waals surface area contributed by atoms with Crippen molar-refractivity contribution in [2.45, 2.75) is 36.8 Å². The maximum atomic E-state index is 12.9. The first-order valence-corrected chi connectivity index (χ1v) is 12.6. The number of aliphatic hydroxyl groups excluding tert-OH is 3. The maximum absolute atomic E-state index is 12.9. The number of aliphatic hydroxyl groups is 3. The quantitative estimate of drug-likeness (QED) is 0.138. The molecule has 0 saturated carbocycles. The number of rotatable bonds is 6. The van der Waals surface area contributed by atoms with Gasteiger partial charge in [0.15, 0.2) is 41.0 Å². The predicted octanol–water partition coefficient (Wildman–Crippen LogP) is 0.782. The summed E-state index contributed by atoms with van der Waals surface area (Å²) < 4.78 is 22.9. The molecule has 3 aromatic rings. The van der Waals surface area contributed by atoms with E-state index in [0.717, 1.165) is 30.3 Å². The molecule has 5 rings (SSSR count). The third kappa shape index (κ3) is 5.56. The van der Waals surface area contributed by atoms with E-state index >= 15 is 0 Å². The standard InChI is InChI=1S/C28H26O15/c29-9-21-23(37)24(38)26(43-27(39)11-4-17(34)22(36)18(35)5-11)28(42-21)41-20-8-13-15(32)6-12(30)7-19(13)40-25(20)10-1-2-14(31)16(33)3-10/h1-8,21,23-26,28-38H,9H2/t21-,23-,24+,25?,26-,28-/m1/s1. The Bertz CT molecular complexity index is 1560. The smallest absolute Gasteiger partial charge is 0.339 e. The van der Waals surface area contributed by atoms with E-state index in [2.05, 4.69) is 0 Å². The highest BCUT2D eigenvalue weighted by Gasteiger charge is 2.49. The van der Waals surface area contributed by atoms with Gasteiger partial charge in [-0.05, 0) is 30.3 Å². The van der Waals surface area contributed by atoms with Crippen LogP contribution in [0.25, 0.3) is 6.08 Å². The molecule has 0 spiro atoms. The molecule has 15 heteroatoms. The first kappa shape index (κ1) is 29.4. The van der Waals surface area contributed by atoms with Gasteiger partial charge in [0.25, 0.3) is 0 Å². The van der Waals surface area contributed by atoms with Crippen LogP contribution in [0, 0.1) is 0 Å². The third-order valence-corrected chi connectivity index (χ3v) is 6.82. The van der Waals surface area contributed by atoms with Crippen molar-refractivity contribution in [2.75, 3.05) is 6.61 Å². The summed E-state index contributed by atoms with van der Waals surface area (Å²) >= 11 is 0. The molecule has 1 fully saturated rings. The Hall–Kier alpha value is -5.09. The highest BCUT2D eigenvalue weighted by atomic mass is 16.7. The van der Waals surface area contributed by atoms with Crippen molar-refractivity contribution in [1.82, 2.24) is 0 Å². The Labute approximate surface area is 241 Å². The van der Waals surface area contributed by atoms with Gasteiger partial charge in [-0.15, -0.1) is 0 Å². The van der Waals surface area contributed by atoms with Gasteiger partial charge in [0.2, 0.25) is 6.29 Å². The van der Waals surface area contributed by atoms with Gasteiger partial charge in [-0.2, -0.15) is 0 Å². The van der Waals surface area contributed by atoms with Crippen LogP contribution in [0.1, 0.15) is 27.6 Å². The fourth-order valence-corrected chi connectivity index (χ4v) is 4.60. The summed E-state index contributed by atoms with van der Waals surface area (Å²) in [6.45, 7) is -0.799. The lowest BCUT2D eigenvalue weighted by molar-refractivity contribution is -0.292. The lowest BCUT2D eigenvalue weighted by atomic mass is 9.98. The lowest BCUT2D eigenvalue weighted by Crippen LogP contribution is -2.60. The maximum Gasteiger partial charge on any atom is 0.339 e. The summed E-state index contributed by atoms with van der Waals surface area (Å²) in [5.41, 5.74) is -0.242. The van der Waals surface area contributed by atoms with E-state index in [0.29, 0.717) is 0 Å². The summed E-state index contributed by atoms with van der Waals surface area (Å²) in [6, 6.07) is 7.43. The van der Waals surface area contributed by atoms with E-state index in [1.54, 1.807) is 0 Å². The Balaban J connectivity index is 1.54. The van der Waals surface area contributed by atoms with Gasteiger partial charge in [-0.3, -0.25) is 0 Å². The molecule has 0 amide bonds. The second-order valence-electron chi connectivity index (χ2n) is 9.73. The van der Waals surface area contributed by atoms with Crippen molar-refractivity contribution >= 4 is 12.0 Å². The highest BCUT2D eigenvalue weighted by Crippen LogP contribution is 2.45. The van der Waals surface area contributed by atoms with E-state index in [4.69, 9.17) is 18.9 Å². The minimum atomic E-state index is -1.92. The van der Waals surface area contributed by atoms with Gasteiger partial charge in [0.05, 0.1) is 17.7 Å². The topological polar surface area (TPSA) is 256 Å². The molecule has 43 heavy (non-hydrogen) atoms. The molecule has 15 nitrogen and oxygen atoms in total. The van der Waals surface area contributed by atoms with E-state index in [1.165, 1.54) is 18.2 Å². The van der Waals surface area contributed by atoms with Gasteiger partial charge in [0.1, 0.15) is 41.3 Å². The van der Waals surface area contributed by atoms with Crippen molar-refractivity contribution < 1.29 is 74.8 Å². The van der Waals surface area contributed by atoms with Crippen LogP contribution in [0.5, 0.6) is 46.0 Å². The molecular formula is C28H26O15. The van der Waals surface area contributed by atoms with Gasteiger partial charge in [0, 0.05) is 17.7 Å². The lowest BCUT2D eigenvalue weighted by Gasteiger charge is -2.42. The number of phenols is 7. The molecule has 2 heterocycles. The molecule has 0 bridgehead atoms. The molecule has 2 aliphatic heterocycles. The van der Waals surface area contributed by atoms with Crippen molar-refractivity contribution in [3.63, 3.8) is 0 Å². The van der Waals surface area contributed by atoms with Crippen LogP contribution in [0.2, 0.25) is 0 Å². The number of carbonyl (C=O) groups is 1. The number of benzene rings is 3. The number of hydrogen-bond acceptors (Lipinski definition) is 15. The van der Waals surface area contributed by atoms with Crippen molar-refractivity contribution in [2.24, 2.45) is 0 Å². The SMILES string of the molecule is O=C(O[C@H]1[C@H](OC2=Cc3c(O)cc(O)cc3OC2c2ccc(O)c(O)c2)O[C@H](CO)[C@@H](O)[C@@H]1O)c1cc(O)c(O)c(O)c1. The van der Waals surface area contributed by atoms with Gasteiger partial charge in [-0.25, -0.2) is 4.79 Å². The van der Waals surface area contributed by atoms with Gasteiger partial charge in [-0.1, -0.05) is 6.07 Å². The van der Waals surface area contributed by atoms with Gasteiger partial charge >= 0.3 is 5.97 Å². The van der Waals surface area contributed by atoms with Crippen LogP contribution < -0.4 is 4.74 Å². The number of fused-ring (bicyclic) bond motifs is 1. The van der Waals surface area contributed by atoms with Gasteiger partial charge < -0.3 is 70.0 Å². The molecule has 0 aliphatic carbocycles. The van der Waals surface area contributed by atoms with E-state index in [1.807, 2.05) is 0 Å². The molecular weight excluding hydrogens is 576 g/mol. The minimum absolute atomic E-state index is 0.00871. The number of carbonyl (C=O) groups excluding carboxylic acids is 1. The van der Waals surface area contributed by atoms with E-state index in [9.17, 15) is 55.9 Å². The van der Waals surface area contributed by atoms with Crippen molar-refractivity contribution in [3.8, 4) is 46.0 Å². The fraction of sp³-hybridized carbons (Fsp3) is 0.250. The average molecular weight is 603 g/mol. The highest BCUT2D eigenvalue weighted by molar-refractivity contribution is 5.91. The second-order valence-corrected chi connectivity index (χ2v) is 9.73. The number of hydrogen-bond donors (Lipinski definition) is 10. The summed E-state index contributed by atoms with van der Waals surface area (Å²) in [5, 5.41) is 100. The fourth-order valence-electron chi connectivity index (χ4n) is 4.60. The van der Waals surface area contributed by atoms with Crippen LogP contribution in [0.4, 0.5) is 0 Å². The normalized spacial score (nSPS) is 24.8. The Kier molecular flexibility index (Phi) is 7.72. The average Bonchev–Trinajstić information content (AvgIpc) is 2.96. The molecule has 0 radical (unpaired) electrons. The summed E-state index contributed by atoms with van der Waals surface area (Å²) in [4.78, 5) is 12.9. The van der Waals surface area contributed by atoms with Crippen LogP contribution in [0.15, 0.2) is 48.2 Å². The van der Waals surface area contributed by atoms with E-state index in [-0.39, 0.29) is 28.4 Å². The van der Waals surface area contributed by atoms with Crippen LogP contribution in [-0.2, 0) is 14.2 Å². The molecule has 0 aromatic heterocycles. The largest absolute Gasteiger partial charge is 0.508 e. The zero-order valence-electron chi connectivity index (χ0n) is 21.8. The molecule has 10 N–H and O–H groups in total. The number of ether oxygens (including phenoxy) is 4. The molecule has 6 atom stereocenters. The zero-order valence-corrected chi connectivity index (χ0v) is 21.8. The number of aromatic hydroxyl groups is 7. The summed E-state index contributed by atoms with van der Waals surface area (Å²) in [5.74, 6) is -5.77. The molecule has 3 aromatic carbocycles. The van der Waals surface area contributed by atoms with Crippen LogP contribution in [-0.4, -0.2) is 94.3 Å². The first-order valence-electron chi connectivity index (χ1n) is 12.6. The summed E-state index contributed by atoms with van der Waals surface area (Å²) in [7, 11) is 0. The number of esters is 1. The van der Waals surface area contributed by atoms with Crippen molar-refractivity contribution in [3.05, 3.63) is 64.9 Å². The Morgan fingerprint density at radius 2 is 1.51 bits per heavy atom. The van der Waals surface area contributed by atoms with Crippen LogP contribution in [0.3, 0.4) is 0 Å². The van der Waals surface area contributed by atoms with Crippen LogP contribution >= 0.6 is 0 Å². The summed E-state index contributed by atoms with van der Waals surface area (Å²) in [6.07, 6.45) is -8.73. The Morgan fingerprint density at radius 3 is 2.16 bits per heavy atom. The monoisotopic (exact) mass is 602 g/mol. The molecule has 1 saturated heterocycles.